The van der Waals surface area contributed by atoms with Crippen molar-refractivity contribution in [3.63, 3.8) is 0 Å². The van der Waals surface area contributed by atoms with Gasteiger partial charge >= 0.3 is 6.09 Å². The van der Waals surface area contributed by atoms with Gasteiger partial charge in [0, 0.05) is 31.6 Å². The van der Waals surface area contributed by atoms with E-state index in [0.717, 1.165) is 35.7 Å². The van der Waals surface area contributed by atoms with Crippen molar-refractivity contribution in [2.24, 2.45) is 5.10 Å². The molecule has 176 valence electrons. The first-order chi connectivity index (χ1) is 15.8. The third-order valence-electron chi connectivity index (χ3n) is 5.42. The molecule has 0 radical (unpaired) electrons. The van der Waals surface area contributed by atoms with Crippen LogP contribution in [-0.4, -0.2) is 65.6 Å². The summed E-state index contributed by atoms with van der Waals surface area (Å²) < 4.78 is 11.1. The molecule has 1 amide bonds. The number of morpholine rings is 1. The first-order valence-corrected chi connectivity index (χ1v) is 11.3. The zero-order chi connectivity index (χ0) is 23.4. The van der Waals surface area contributed by atoms with Gasteiger partial charge in [-0.05, 0) is 33.3 Å². The summed E-state index contributed by atoms with van der Waals surface area (Å²) in [6, 6.07) is 8.10. The minimum absolute atomic E-state index is 0.314. The van der Waals surface area contributed by atoms with Crippen LogP contribution in [0.25, 0.3) is 0 Å². The van der Waals surface area contributed by atoms with Gasteiger partial charge in [-0.15, -0.1) is 0 Å². The molecule has 1 aromatic heterocycles. The van der Waals surface area contributed by atoms with Crippen LogP contribution in [0.3, 0.4) is 0 Å². The summed E-state index contributed by atoms with van der Waals surface area (Å²) in [5.41, 5.74) is 6.52. The van der Waals surface area contributed by atoms with E-state index in [2.05, 4.69) is 21.5 Å². The molecule has 0 saturated carbocycles. The quantitative estimate of drug-likeness (QED) is 0.562. The van der Waals surface area contributed by atoms with Crippen LogP contribution in [0.1, 0.15) is 43.2 Å². The Labute approximate surface area is 194 Å². The van der Waals surface area contributed by atoms with Crippen molar-refractivity contribution in [3.05, 3.63) is 46.6 Å². The molecule has 0 spiro atoms. The molecule has 0 unspecified atom stereocenters. The molecule has 3 heterocycles. The van der Waals surface area contributed by atoms with Crippen molar-refractivity contribution >= 4 is 24.1 Å². The largest absolute Gasteiger partial charge is 0.444 e. The number of nitrogens with zero attached hydrogens (tertiary/aromatic N) is 5. The topological polar surface area (TPSA) is 92.2 Å². The Hall–Kier alpha value is -3.20. The molecule has 1 N–H and O–H groups in total. The molecule has 2 aromatic rings. The van der Waals surface area contributed by atoms with E-state index < -0.39 is 5.60 Å². The number of benzene rings is 1. The van der Waals surface area contributed by atoms with Gasteiger partial charge in [0.05, 0.1) is 31.7 Å². The fourth-order valence-electron chi connectivity index (χ4n) is 3.88. The molecule has 2 aliphatic rings. The number of carbonyl (C=O) groups is 1. The van der Waals surface area contributed by atoms with Crippen molar-refractivity contribution in [2.75, 3.05) is 43.2 Å². The maximum Gasteiger partial charge on any atom is 0.410 e. The predicted molar refractivity (Wildman–Crippen MR) is 128 cm³/mol. The Morgan fingerprint density at radius 1 is 1.21 bits per heavy atom. The van der Waals surface area contributed by atoms with E-state index in [1.165, 1.54) is 5.56 Å². The van der Waals surface area contributed by atoms with Crippen molar-refractivity contribution in [1.82, 2.24) is 14.9 Å². The molecule has 33 heavy (non-hydrogen) atoms. The third kappa shape index (κ3) is 5.98. The number of amides is 1. The summed E-state index contributed by atoms with van der Waals surface area (Å²) in [6.07, 6.45) is 2.07. The normalized spacial score (nSPS) is 16.6. The number of aromatic nitrogens is 2. The Kier molecular flexibility index (Phi) is 6.78. The standard InChI is InChI=1S/C24H32N6O3/c1-17-6-5-7-18(14-17)15-25-28-22-26-20-8-9-30(23(31)33-24(2,3)4)16-19(20)21(27-22)29-10-12-32-13-11-29/h5-7,14-15H,8-13,16H2,1-4H3,(H,26,27,28)/b25-15+. The lowest BCUT2D eigenvalue weighted by molar-refractivity contribution is 0.0222. The Morgan fingerprint density at radius 3 is 2.73 bits per heavy atom. The predicted octanol–water partition coefficient (Wildman–Crippen LogP) is 3.36. The second-order valence-electron chi connectivity index (χ2n) is 9.33. The number of hydrazone groups is 1. The van der Waals surface area contributed by atoms with Crippen LogP contribution in [0.4, 0.5) is 16.6 Å². The van der Waals surface area contributed by atoms with Gasteiger partial charge in [0.2, 0.25) is 5.95 Å². The number of nitrogens with one attached hydrogen (secondary N) is 1. The second-order valence-corrected chi connectivity index (χ2v) is 9.33. The maximum atomic E-state index is 12.7. The highest BCUT2D eigenvalue weighted by Crippen LogP contribution is 2.29. The fourth-order valence-corrected chi connectivity index (χ4v) is 3.88. The molecule has 9 nitrogen and oxygen atoms in total. The van der Waals surface area contributed by atoms with E-state index in [1.54, 1.807) is 11.1 Å². The van der Waals surface area contributed by atoms with Crippen molar-refractivity contribution in [2.45, 2.75) is 46.3 Å². The van der Waals surface area contributed by atoms with Gasteiger partial charge in [-0.2, -0.15) is 10.1 Å². The van der Waals surface area contributed by atoms with Crippen LogP contribution in [0.15, 0.2) is 29.4 Å². The highest BCUT2D eigenvalue weighted by atomic mass is 16.6. The summed E-state index contributed by atoms with van der Waals surface area (Å²) >= 11 is 0. The summed E-state index contributed by atoms with van der Waals surface area (Å²) in [4.78, 5) is 26.1. The molecular weight excluding hydrogens is 420 g/mol. The second kappa shape index (κ2) is 9.74. The number of carbonyl (C=O) groups excluding carboxylic acids is 1. The van der Waals surface area contributed by atoms with Crippen molar-refractivity contribution in [1.29, 1.82) is 0 Å². The van der Waals surface area contributed by atoms with E-state index in [9.17, 15) is 4.79 Å². The SMILES string of the molecule is Cc1cccc(/C=N/Nc2nc3c(c(N4CCOCC4)n2)CN(C(=O)OC(C)(C)C)CC3)c1. The minimum Gasteiger partial charge on any atom is -0.444 e. The zero-order valence-electron chi connectivity index (χ0n) is 19.8. The molecule has 2 aliphatic heterocycles. The highest BCUT2D eigenvalue weighted by molar-refractivity contribution is 5.80. The molecule has 1 saturated heterocycles. The zero-order valence-corrected chi connectivity index (χ0v) is 19.8. The van der Waals surface area contributed by atoms with Crippen LogP contribution < -0.4 is 10.3 Å². The van der Waals surface area contributed by atoms with Gasteiger partial charge in [0.25, 0.3) is 0 Å². The summed E-state index contributed by atoms with van der Waals surface area (Å²) in [7, 11) is 0. The average Bonchev–Trinajstić information content (AvgIpc) is 2.78. The van der Waals surface area contributed by atoms with Gasteiger partial charge in [-0.3, -0.25) is 0 Å². The molecule has 9 heteroatoms. The number of hydrogen-bond donors (Lipinski definition) is 1. The molecule has 1 aromatic carbocycles. The Morgan fingerprint density at radius 2 is 2.00 bits per heavy atom. The van der Waals surface area contributed by atoms with Gasteiger partial charge in [0.15, 0.2) is 0 Å². The molecular formula is C24H32N6O3. The molecule has 0 atom stereocenters. The Balaban J connectivity index is 1.58. The Bertz CT molecular complexity index is 1030. The first-order valence-electron chi connectivity index (χ1n) is 11.3. The third-order valence-corrected chi connectivity index (χ3v) is 5.42. The van der Waals surface area contributed by atoms with Crippen LogP contribution in [-0.2, 0) is 22.4 Å². The number of fused-ring (bicyclic) bond motifs is 1. The number of ether oxygens (including phenoxy) is 2. The molecule has 0 bridgehead atoms. The van der Waals surface area contributed by atoms with Crippen LogP contribution in [0.5, 0.6) is 0 Å². The lowest BCUT2D eigenvalue weighted by Crippen LogP contribution is -2.42. The monoisotopic (exact) mass is 452 g/mol. The van der Waals surface area contributed by atoms with Gasteiger partial charge in [-0.25, -0.2) is 15.2 Å². The summed E-state index contributed by atoms with van der Waals surface area (Å²) in [5.74, 6) is 1.27. The number of anilines is 2. The van der Waals surface area contributed by atoms with E-state index in [1.807, 2.05) is 45.9 Å². The maximum absolute atomic E-state index is 12.7. The molecule has 4 rings (SSSR count). The molecule has 1 fully saturated rings. The van der Waals surface area contributed by atoms with Gasteiger partial charge in [-0.1, -0.05) is 29.8 Å². The fraction of sp³-hybridized carbons (Fsp3) is 0.500. The van der Waals surface area contributed by atoms with Crippen LogP contribution >= 0.6 is 0 Å². The van der Waals surface area contributed by atoms with Crippen LogP contribution in [0, 0.1) is 6.92 Å². The number of aryl methyl sites for hydroxylation is 1. The van der Waals surface area contributed by atoms with Crippen molar-refractivity contribution in [3.8, 4) is 0 Å². The van der Waals surface area contributed by atoms with Crippen molar-refractivity contribution < 1.29 is 14.3 Å². The van der Waals surface area contributed by atoms with Gasteiger partial charge in [0.1, 0.15) is 11.4 Å². The average molecular weight is 453 g/mol. The lowest BCUT2D eigenvalue weighted by Gasteiger charge is -2.35. The minimum atomic E-state index is -0.538. The van der Waals surface area contributed by atoms with Gasteiger partial charge < -0.3 is 19.3 Å². The highest BCUT2D eigenvalue weighted by Gasteiger charge is 2.30. The molecule has 0 aliphatic carbocycles. The van der Waals surface area contributed by atoms with E-state index >= 15 is 0 Å². The smallest absolute Gasteiger partial charge is 0.410 e. The summed E-state index contributed by atoms with van der Waals surface area (Å²) in [6.45, 7) is 11.4. The van der Waals surface area contributed by atoms with E-state index in [-0.39, 0.29) is 6.09 Å². The van der Waals surface area contributed by atoms with E-state index in [4.69, 9.17) is 19.4 Å². The number of rotatable bonds is 4. The number of hydrogen-bond acceptors (Lipinski definition) is 8. The first kappa shape index (κ1) is 23.0. The van der Waals surface area contributed by atoms with Crippen LogP contribution in [0.2, 0.25) is 0 Å². The summed E-state index contributed by atoms with van der Waals surface area (Å²) in [5, 5.41) is 4.34. The lowest BCUT2D eigenvalue weighted by atomic mass is 10.1. The van der Waals surface area contributed by atoms with E-state index in [0.29, 0.717) is 38.7 Å².